The molecule has 0 fully saturated rings. The molecule has 0 bridgehead atoms. The third-order valence-corrected chi connectivity index (χ3v) is 5.01. The van der Waals surface area contributed by atoms with Gasteiger partial charge < -0.3 is 0 Å². The first-order chi connectivity index (χ1) is 9.29. The second kappa shape index (κ2) is 5.94. The molecule has 1 atom stereocenters. The normalized spacial score (nSPS) is 13.2. The van der Waals surface area contributed by atoms with Crippen molar-refractivity contribution < 1.29 is 8.42 Å². The Morgan fingerprint density at radius 1 is 1.00 bits per heavy atom. The molecule has 2 rings (SSSR count). The highest BCUT2D eigenvalue weighted by Gasteiger charge is 2.15. The molecule has 0 spiro atoms. The summed E-state index contributed by atoms with van der Waals surface area (Å²) in [5.41, 5.74) is 1.49. The van der Waals surface area contributed by atoms with Crippen LogP contribution in [-0.2, 0) is 9.84 Å². The van der Waals surface area contributed by atoms with Gasteiger partial charge in [0.1, 0.15) is 0 Å². The van der Waals surface area contributed by atoms with E-state index in [4.69, 9.17) is 34.8 Å². The van der Waals surface area contributed by atoms with Crippen molar-refractivity contribution in [3.8, 4) is 0 Å². The maximum absolute atomic E-state index is 11.4. The highest BCUT2D eigenvalue weighted by molar-refractivity contribution is 7.90. The predicted molar refractivity (Wildman–Crippen MR) is 83.7 cm³/mol. The van der Waals surface area contributed by atoms with E-state index < -0.39 is 15.2 Å². The van der Waals surface area contributed by atoms with Crippen LogP contribution in [0.2, 0.25) is 10.0 Å². The fraction of sp³-hybridized carbons (Fsp3) is 0.143. The lowest BCUT2D eigenvalue weighted by Gasteiger charge is -2.13. The highest BCUT2D eigenvalue weighted by Crippen LogP contribution is 2.35. The third kappa shape index (κ3) is 3.47. The number of halogens is 3. The summed E-state index contributed by atoms with van der Waals surface area (Å²) in [4.78, 5) is 0.257. The maximum Gasteiger partial charge on any atom is 0.175 e. The topological polar surface area (TPSA) is 34.1 Å². The molecule has 2 aromatic rings. The minimum absolute atomic E-state index is 0.257. The van der Waals surface area contributed by atoms with Gasteiger partial charge >= 0.3 is 0 Å². The highest BCUT2D eigenvalue weighted by atomic mass is 35.5. The Balaban J connectivity index is 2.36. The lowest BCUT2D eigenvalue weighted by Crippen LogP contribution is -1.99. The molecule has 0 aliphatic carbocycles. The van der Waals surface area contributed by atoms with Gasteiger partial charge in [-0.1, -0.05) is 41.4 Å². The fourth-order valence-electron chi connectivity index (χ4n) is 1.77. The molecule has 106 valence electrons. The molecule has 0 aliphatic rings. The second-order valence-corrected chi connectivity index (χ2v) is 7.67. The smallest absolute Gasteiger partial charge is 0.175 e. The summed E-state index contributed by atoms with van der Waals surface area (Å²) >= 11 is 18.3. The standard InChI is InChI=1S/C14H11Cl3O2S/c1-20(18,19)11-5-2-9(3-6-11)14(17)12-7-4-10(15)8-13(12)16/h2-8,14H,1H3. The van der Waals surface area contributed by atoms with Crippen LogP contribution >= 0.6 is 34.8 Å². The Bertz CT molecular complexity index is 725. The van der Waals surface area contributed by atoms with E-state index in [2.05, 4.69) is 0 Å². The van der Waals surface area contributed by atoms with E-state index in [-0.39, 0.29) is 4.90 Å². The van der Waals surface area contributed by atoms with Crippen LogP contribution in [0.25, 0.3) is 0 Å². The van der Waals surface area contributed by atoms with E-state index in [1.165, 1.54) is 12.1 Å². The molecular formula is C14H11Cl3O2S. The van der Waals surface area contributed by atoms with E-state index >= 15 is 0 Å². The predicted octanol–water partition coefficient (Wildman–Crippen LogP) is 4.73. The Morgan fingerprint density at radius 2 is 1.60 bits per heavy atom. The molecule has 1 unspecified atom stereocenters. The van der Waals surface area contributed by atoms with E-state index in [1.807, 2.05) is 0 Å². The molecular weight excluding hydrogens is 339 g/mol. The summed E-state index contributed by atoms with van der Waals surface area (Å²) in [6.07, 6.45) is 1.16. The van der Waals surface area contributed by atoms with Crippen molar-refractivity contribution in [2.24, 2.45) is 0 Å². The van der Waals surface area contributed by atoms with Crippen molar-refractivity contribution in [1.82, 2.24) is 0 Å². The zero-order chi connectivity index (χ0) is 14.9. The van der Waals surface area contributed by atoms with Gasteiger partial charge in [0.25, 0.3) is 0 Å². The van der Waals surface area contributed by atoms with Gasteiger partial charge in [-0.25, -0.2) is 8.42 Å². The molecule has 2 nitrogen and oxygen atoms in total. The van der Waals surface area contributed by atoms with Gasteiger partial charge in [0.15, 0.2) is 9.84 Å². The lowest BCUT2D eigenvalue weighted by atomic mass is 10.0. The largest absolute Gasteiger partial charge is 0.224 e. The first-order valence-corrected chi connectivity index (χ1v) is 8.76. The summed E-state index contributed by atoms with van der Waals surface area (Å²) < 4.78 is 22.8. The average molecular weight is 350 g/mol. The molecule has 0 radical (unpaired) electrons. The molecule has 2 aromatic carbocycles. The van der Waals surface area contributed by atoms with Crippen molar-refractivity contribution in [2.75, 3.05) is 6.26 Å². The van der Waals surface area contributed by atoms with Gasteiger partial charge in [0, 0.05) is 16.3 Å². The summed E-state index contributed by atoms with van der Waals surface area (Å²) in [5, 5.41) is 0.549. The van der Waals surface area contributed by atoms with Crippen molar-refractivity contribution in [2.45, 2.75) is 10.3 Å². The number of sulfone groups is 1. The van der Waals surface area contributed by atoms with Crippen molar-refractivity contribution in [3.63, 3.8) is 0 Å². The van der Waals surface area contributed by atoms with Crippen molar-refractivity contribution in [1.29, 1.82) is 0 Å². The molecule has 0 N–H and O–H groups in total. The van der Waals surface area contributed by atoms with Gasteiger partial charge in [0.2, 0.25) is 0 Å². The maximum atomic E-state index is 11.4. The third-order valence-electron chi connectivity index (χ3n) is 2.84. The minimum Gasteiger partial charge on any atom is -0.224 e. The number of hydrogen-bond donors (Lipinski definition) is 0. The Morgan fingerprint density at radius 3 is 2.10 bits per heavy atom. The van der Waals surface area contributed by atoms with E-state index in [0.717, 1.165) is 17.4 Å². The van der Waals surface area contributed by atoms with Gasteiger partial charge in [-0.2, -0.15) is 0 Å². The van der Waals surface area contributed by atoms with Crippen LogP contribution < -0.4 is 0 Å². The summed E-state index contributed by atoms with van der Waals surface area (Å²) in [5.74, 6) is 0. The van der Waals surface area contributed by atoms with Gasteiger partial charge in [-0.3, -0.25) is 0 Å². The number of hydrogen-bond acceptors (Lipinski definition) is 2. The number of benzene rings is 2. The van der Waals surface area contributed by atoms with Gasteiger partial charge in [0.05, 0.1) is 10.3 Å². The van der Waals surface area contributed by atoms with Gasteiger partial charge in [-0.05, 0) is 35.4 Å². The van der Waals surface area contributed by atoms with Crippen LogP contribution in [-0.4, -0.2) is 14.7 Å². The SMILES string of the molecule is CS(=O)(=O)c1ccc(C(Cl)c2ccc(Cl)cc2Cl)cc1. The molecule has 0 heterocycles. The summed E-state index contributed by atoms with van der Waals surface area (Å²) in [6.45, 7) is 0. The molecule has 0 saturated heterocycles. The Hall–Kier alpha value is -0.740. The molecule has 0 aliphatic heterocycles. The molecule has 0 saturated carbocycles. The van der Waals surface area contributed by atoms with Crippen LogP contribution in [0.1, 0.15) is 16.5 Å². The van der Waals surface area contributed by atoms with Gasteiger partial charge in [-0.15, -0.1) is 11.6 Å². The quantitative estimate of drug-likeness (QED) is 0.751. The van der Waals surface area contributed by atoms with E-state index in [9.17, 15) is 8.42 Å². The van der Waals surface area contributed by atoms with Crippen LogP contribution in [0.3, 0.4) is 0 Å². The van der Waals surface area contributed by atoms with Crippen LogP contribution in [0.15, 0.2) is 47.4 Å². The minimum atomic E-state index is -3.21. The molecule has 20 heavy (non-hydrogen) atoms. The Labute approximate surface area is 133 Å². The average Bonchev–Trinajstić information content (AvgIpc) is 2.37. The molecule has 0 amide bonds. The first kappa shape index (κ1) is 15.6. The molecule has 0 aromatic heterocycles. The zero-order valence-electron chi connectivity index (χ0n) is 10.5. The zero-order valence-corrected chi connectivity index (χ0v) is 13.6. The number of alkyl halides is 1. The fourth-order valence-corrected chi connectivity index (χ4v) is 3.31. The van der Waals surface area contributed by atoms with Crippen LogP contribution in [0.5, 0.6) is 0 Å². The van der Waals surface area contributed by atoms with Crippen LogP contribution in [0, 0.1) is 0 Å². The Kier molecular flexibility index (Phi) is 4.65. The molecule has 6 heteroatoms. The monoisotopic (exact) mass is 348 g/mol. The van der Waals surface area contributed by atoms with Crippen molar-refractivity contribution >= 4 is 44.6 Å². The van der Waals surface area contributed by atoms with E-state index in [1.54, 1.807) is 30.3 Å². The van der Waals surface area contributed by atoms with Crippen molar-refractivity contribution in [3.05, 3.63) is 63.6 Å². The van der Waals surface area contributed by atoms with E-state index in [0.29, 0.717) is 10.0 Å². The van der Waals surface area contributed by atoms with Crippen LogP contribution in [0.4, 0.5) is 0 Å². The first-order valence-electron chi connectivity index (χ1n) is 5.68. The lowest BCUT2D eigenvalue weighted by molar-refractivity contribution is 0.602. The second-order valence-electron chi connectivity index (χ2n) is 4.37. The summed E-state index contributed by atoms with van der Waals surface area (Å²) in [7, 11) is -3.21. The summed E-state index contributed by atoms with van der Waals surface area (Å²) in [6, 6.07) is 11.5. The number of rotatable bonds is 3.